The zero-order valence-electron chi connectivity index (χ0n) is 11.7. The number of sulfonamides is 1. The molecule has 8 heteroatoms. The lowest BCUT2D eigenvalue weighted by Crippen LogP contribution is -2.34. The number of nitriles is 1. The minimum atomic E-state index is -3.59. The topological polar surface area (TPSA) is 82.4 Å². The average Bonchev–Trinajstić information content (AvgIpc) is 2.76. The van der Waals surface area contributed by atoms with E-state index in [-0.39, 0.29) is 23.1 Å². The summed E-state index contributed by atoms with van der Waals surface area (Å²) in [6.45, 7) is 2.37. The van der Waals surface area contributed by atoms with Gasteiger partial charge in [0.25, 0.3) is 0 Å². The second kappa shape index (κ2) is 7.61. The van der Waals surface area contributed by atoms with Crippen LogP contribution in [-0.2, 0) is 10.0 Å². The lowest BCUT2D eigenvalue weighted by molar-refractivity contribution is 0.393. The highest BCUT2D eigenvalue weighted by Crippen LogP contribution is 2.28. The third-order valence-electron chi connectivity index (χ3n) is 3.21. The summed E-state index contributed by atoms with van der Waals surface area (Å²) in [5.41, 5.74) is 0.373. The van der Waals surface area contributed by atoms with Gasteiger partial charge in [-0.1, -0.05) is 0 Å². The maximum atomic E-state index is 12.7. The number of methoxy groups -OCH3 is 1. The number of rotatable bonds is 3. The van der Waals surface area contributed by atoms with Gasteiger partial charge >= 0.3 is 0 Å². The monoisotopic (exact) mass is 331 g/mol. The number of benzene rings is 1. The van der Waals surface area contributed by atoms with E-state index in [9.17, 15) is 8.42 Å². The summed E-state index contributed by atoms with van der Waals surface area (Å²) < 4.78 is 31.9. The molecule has 1 aliphatic rings. The van der Waals surface area contributed by atoms with Gasteiger partial charge in [0, 0.05) is 19.6 Å². The van der Waals surface area contributed by atoms with E-state index < -0.39 is 10.0 Å². The Labute approximate surface area is 131 Å². The Morgan fingerprint density at radius 1 is 1.33 bits per heavy atom. The van der Waals surface area contributed by atoms with Crippen molar-refractivity contribution in [2.75, 3.05) is 33.3 Å². The molecule has 1 N–H and O–H groups in total. The number of halogens is 1. The van der Waals surface area contributed by atoms with E-state index >= 15 is 0 Å². The van der Waals surface area contributed by atoms with Crippen LogP contribution in [-0.4, -0.2) is 46.0 Å². The summed E-state index contributed by atoms with van der Waals surface area (Å²) in [6.07, 6.45) is 0.776. The fraction of sp³-hybridized carbons (Fsp3) is 0.462. The Balaban J connectivity index is 0.00000220. The molecule has 6 nitrogen and oxygen atoms in total. The molecule has 1 aromatic rings. The first-order chi connectivity index (χ1) is 9.59. The molecule has 2 rings (SSSR count). The van der Waals surface area contributed by atoms with Crippen LogP contribution < -0.4 is 10.1 Å². The maximum absolute atomic E-state index is 12.7. The van der Waals surface area contributed by atoms with Crippen molar-refractivity contribution in [3.8, 4) is 11.8 Å². The van der Waals surface area contributed by atoms with Crippen LogP contribution in [0.5, 0.6) is 5.75 Å². The second-order valence-electron chi connectivity index (χ2n) is 4.49. The van der Waals surface area contributed by atoms with Gasteiger partial charge in [-0.2, -0.15) is 9.57 Å². The summed E-state index contributed by atoms with van der Waals surface area (Å²) in [7, 11) is -2.19. The van der Waals surface area contributed by atoms with Crippen molar-refractivity contribution in [1.82, 2.24) is 9.62 Å². The zero-order valence-corrected chi connectivity index (χ0v) is 13.3. The van der Waals surface area contributed by atoms with Crippen molar-refractivity contribution in [3.63, 3.8) is 0 Å². The molecular formula is C13H18ClN3O3S. The van der Waals surface area contributed by atoms with Crippen LogP contribution in [0.2, 0.25) is 0 Å². The first kappa shape index (κ1) is 17.7. The van der Waals surface area contributed by atoms with Crippen LogP contribution >= 0.6 is 12.4 Å². The van der Waals surface area contributed by atoms with Crippen molar-refractivity contribution in [2.45, 2.75) is 11.3 Å². The van der Waals surface area contributed by atoms with E-state index in [0.29, 0.717) is 25.2 Å². The quantitative estimate of drug-likeness (QED) is 0.892. The van der Waals surface area contributed by atoms with Crippen LogP contribution in [0.1, 0.15) is 12.0 Å². The molecule has 116 valence electrons. The highest BCUT2D eigenvalue weighted by molar-refractivity contribution is 7.89. The summed E-state index contributed by atoms with van der Waals surface area (Å²) in [4.78, 5) is 0.112. The van der Waals surface area contributed by atoms with Gasteiger partial charge in [-0.25, -0.2) is 8.42 Å². The van der Waals surface area contributed by atoms with Gasteiger partial charge in [-0.15, -0.1) is 12.4 Å². The minimum absolute atomic E-state index is 0. The Hall–Kier alpha value is -1.33. The SMILES string of the molecule is COc1cc(C#N)ccc1S(=O)(=O)N1CCCNCC1.Cl. The molecule has 1 fully saturated rings. The smallest absolute Gasteiger partial charge is 0.246 e. The predicted octanol–water partition coefficient (Wildman–Crippen LogP) is 0.973. The van der Waals surface area contributed by atoms with E-state index in [1.54, 1.807) is 0 Å². The summed E-state index contributed by atoms with van der Waals surface area (Å²) >= 11 is 0. The molecule has 0 radical (unpaired) electrons. The van der Waals surface area contributed by atoms with Gasteiger partial charge in [-0.3, -0.25) is 0 Å². The van der Waals surface area contributed by atoms with Crippen LogP contribution in [0.4, 0.5) is 0 Å². The number of hydrogen-bond donors (Lipinski definition) is 1. The molecule has 0 aromatic heterocycles. The standard InChI is InChI=1S/C13H17N3O3S.ClH/c1-19-12-9-11(10-14)3-4-13(12)20(17,18)16-7-2-5-15-6-8-16;/h3-4,9,15H,2,5-8H2,1H3;1H. The third-order valence-corrected chi connectivity index (χ3v) is 5.15. The second-order valence-corrected chi connectivity index (χ2v) is 6.39. The molecule has 1 aromatic carbocycles. The van der Waals surface area contributed by atoms with Crippen molar-refractivity contribution in [3.05, 3.63) is 23.8 Å². The van der Waals surface area contributed by atoms with Crippen molar-refractivity contribution in [1.29, 1.82) is 5.26 Å². The molecule has 1 saturated heterocycles. The van der Waals surface area contributed by atoms with E-state index in [4.69, 9.17) is 10.00 Å². The normalized spacial score (nSPS) is 16.4. The largest absolute Gasteiger partial charge is 0.495 e. The van der Waals surface area contributed by atoms with Gasteiger partial charge < -0.3 is 10.1 Å². The first-order valence-corrected chi connectivity index (χ1v) is 7.82. The summed E-state index contributed by atoms with van der Waals surface area (Å²) in [6, 6.07) is 6.35. The van der Waals surface area contributed by atoms with Crippen molar-refractivity contribution < 1.29 is 13.2 Å². The molecule has 0 atom stereocenters. The van der Waals surface area contributed by atoms with Crippen LogP contribution in [0.25, 0.3) is 0 Å². The van der Waals surface area contributed by atoms with Gasteiger partial charge in [0.05, 0.1) is 18.7 Å². The molecule has 1 heterocycles. The molecule has 21 heavy (non-hydrogen) atoms. The minimum Gasteiger partial charge on any atom is -0.495 e. The lowest BCUT2D eigenvalue weighted by Gasteiger charge is -2.21. The van der Waals surface area contributed by atoms with E-state index in [0.717, 1.165) is 13.0 Å². The van der Waals surface area contributed by atoms with E-state index in [1.165, 1.54) is 29.6 Å². The number of nitrogens with zero attached hydrogens (tertiary/aromatic N) is 2. The van der Waals surface area contributed by atoms with Crippen molar-refractivity contribution in [2.24, 2.45) is 0 Å². The Bertz CT molecular complexity index is 620. The van der Waals surface area contributed by atoms with E-state index in [1.807, 2.05) is 6.07 Å². The molecule has 0 unspecified atom stereocenters. The fourth-order valence-electron chi connectivity index (χ4n) is 2.15. The Kier molecular flexibility index (Phi) is 6.42. The number of ether oxygens (including phenoxy) is 1. The molecule has 0 amide bonds. The number of hydrogen-bond acceptors (Lipinski definition) is 5. The summed E-state index contributed by atoms with van der Waals surface area (Å²) in [5.74, 6) is 0.209. The predicted molar refractivity (Wildman–Crippen MR) is 81.2 cm³/mol. The van der Waals surface area contributed by atoms with E-state index in [2.05, 4.69) is 5.32 Å². The average molecular weight is 332 g/mol. The first-order valence-electron chi connectivity index (χ1n) is 6.38. The van der Waals surface area contributed by atoms with Gasteiger partial charge in [0.15, 0.2) is 0 Å². The molecule has 0 bridgehead atoms. The van der Waals surface area contributed by atoms with Gasteiger partial charge in [-0.05, 0) is 31.2 Å². The molecular weight excluding hydrogens is 314 g/mol. The molecule has 0 aliphatic carbocycles. The fourth-order valence-corrected chi connectivity index (χ4v) is 3.77. The van der Waals surface area contributed by atoms with Gasteiger partial charge in [0.1, 0.15) is 10.6 Å². The zero-order chi connectivity index (χ0) is 14.6. The highest BCUT2D eigenvalue weighted by Gasteiger charge is 2.28. The summed E-state index contributed by atoms with van der Waals surface area (Å²) in [5, 5.41) is 12.0. The molecule has 0 spiro atoms. The van der Waals surface area contributed by atoms with Crippen LogP contribution in [0.15, 0.2) is 23.1 Å². The van der Waals surface area contributed by atoms with Crippen LogP contribution in [0, 0.1) is 11.3 Å². The molecule has 0 saturated carbocycles. The van der Waals surface area contributed by atoms with Gasteiger partial charge in [0.2, 0.25) is 10.0 Å². The maximum Gasteiger partial charge on any atom is 0.246 e. The Morgan fingerprint density at radius 2 is 2.10 bits per heavy atom. The van der Waals surface area contributed by atoms with Crippen molar-refractivity contribution >= 4 is 22.4 Å². The van der Waals surface area contributed by atoms with Crippen LogP contribution in [0.3, 0.4) is 0 Å². The third kappa shape index (κ3) is 3.86. The number of nitrogens with one attached hydrogen (secondary N) is 1. The molecule has 1 aliphatic heterocycles. The highest BCUT2D eigenvalue weighted by atomic mass is 35.5. The lowest BCUT2D eigenvalue weighted by atomic mass is 10.2. The Morgan fingerprint density at radius 3 is 2.76 bits per heavy atom.